The number of benzene rings is 1. The Bertz CT molecular complexity index is 375. The molecule has 0 aromatic heterocycles. The van der Waals surface area contributed by atoms with Gasteiger partial charge in [-0.1, -0.05) is 30.3 Å². The standard InChI is InChI=1S/C16H27N3/c1-16(2)14-19(12-11-18(16)3)10-9-17-13-15-7-5-4-6-8-15/h4-8,17H,9-14H2,1-3H3. The summed E-state index contributed by atoms with van der Waals surface area (Å²) in [7, 11) is 2.23. The normalized spacial score (nSPS) is 20.6. The fraction of sp³-hybridized carbons (Fsp3) is 0.625. The first-order chi connectivity index (χ1) is 9.08. The molecule has 1 heterocycles. The highest BCUT2D eigenvalue weighted by Crippen LogP contribution is 2.18. The minimum atomic E-state index is 0.303. The van der Waals surface area contributed by atoms with Gasteiger partial charge in [0.1, 0.15) is 0 Å². The van der Waals surface area contributed by atoms with Crippen molar-refractivity contribution in [3.8, 4) is 0 Å². The lowest BCUT2D eigenvalue weighted by Gasteiger charge is -2.45. The van der Waals surface area contributed by atoms with Gasteiger partial charge in [-0.25, -0.2) is 0 Å². The van der Waals surface area contributed by atoms with Crippen LogP contribution in [0.3, 0.4) is 0 Å². The van der Waals surface area contributed by atoms with Crippen molar-refractivity contribution in [3.63, 3.8) is 0 Å². The van der Waals surface area contributed by atoms with Crippen molar-refractivity contribution < 1.29 is 0 Å². The van der Waals surface area contributed by atoms with Crippen molar-refractivity contribution in [2.24, 2.45) is 0 Å². The van der Waals surface area contributed by atoms with E-state index in [1.807, 2.05) is 0 Å². The van der Waals surface area contributed by atoms with E-state index in [1.54, 1.807) is 0 Å². The van der Waals surface area contributed by atoms with Gasteiger partial charge in [-0.15, -0.1) is 0 Å². The maximum Gasteiger partial charge on any atom is 0.0277 e. The van der Waals surface area contributed by atoms with E-state index in [-0.39, 0.29) is 0 Å². The molecule has 1 aromatic rings. The third kappa shape index (κ3) is 4.30. The molecule has 1 N–H and O–H groups in total. The lowest BCUT2D eigenvalue weighted by atomic mass is 10.00. The van der Waals surface area contributed by atoms with E-state index in [0.717, 1.165) is 26.2 Å². The van der Waals surface area contributed by atoms with Crippen LogP contribution in [0.25, 0.3) is 0 Å². The summed E-state index contributed by atoms with van der Waals surface area (Å²) in [6, 6.07) is 10.6. The Balaban J connectivity index is 1.66. The van der Waals surface area contributed by atoms with Crippen LogP contribution in [-0.4, -0.2) is 55.1 Å². The lowest BCUT2D eigenvalue weighted by molar-refractivity contribution is 0.0407. The molecule has 0 amide bonds. The highest BCUT2D eigenvalue weighted by Gasteiger charge is 2.30. The Morgan fingerprint density at radius 3 is 2.58 bits per heavy atom. The lowest BCUT2D eigenvalue weighted by Crippen LogP contribution is -2.58. The van der Waals surface area contributed by atoms with Crippen LogP contribution in [0.1, 0.15) is 19.4 Å². The van der Waals surface area contributed by atoms with E-state index < -0.39 is 0 Å². The van der Waals surface area contributed by atoms with Gasteiger partial charge in [0.15, 0.2) is 0 Å². The van der Waals surface area contributed by atoms with Crippen LogP contribution in [0.4, 0.5) is 0 Å². The van der Waals surface area contributed by atoms with E-state index in [9.17, 15) is 0 Å². The number of nitrogens with one attached hydrogen (secondary N) is 1. The zero-order valence-corrected chi connectivity index (χ0v) is 12.5. The van der Waals surface area contributed by atoms with Crippen molar-refractivity contribution in [2.75, 3.05) is 39.8 Å². The van der Waals surface area contributed by atoms with Gasteiger partial charge in [0.05, 0.1) is 0 Å². The molecule has 0 aliphatic carbocycles. The summed E-state index contributed by atoms with van der Waals surface area (Å²) in [4.78, 5) is 5.03. The van der Waals surface area contributed by atoms with Gasteiger partial charge < -0.3 is 5.32 Å². The number of nitrogens with zero attached hydrogens (tertiary/aromatic N) is 2. The number of likely N-dealkylation sites (N-methyl/N-ethyl adjacent to an activating group) is 1. The topological polar surface area (TPSA) is 18.5 Å². The molecule has 3 heteroatoms. The SMILES string of the molecule is CN1CCN(CCNCc2ccccc2)CC1(C)C. The molecule has 1 aromatic carbocycles. The molecule has 106 valence electrons. The third-order valence-corrected chi connectivity index (χ3v) is 4.17. The Kier molecular flexibility index (Phi) is 4.97. The van der Waals surface area contributed by atoms with Gasteiger partial charge in [0, 0.05) is 44.8 Å². The largest absolute Gasteiger partial charge is 0.311 e. The van der Waals surface area contributed by atoms with E-state index in [4.69, 9.17) is 0 Å². The first-order valence-electron chi connectivity index (χ1n) is 7.26. The van der Waals surface area contributed by atoms with Crippen LogP contribution in [0.5, 0.6) is 0 Å². The Labute approximate surface area is 117 Å². The van der Waals surface area contributed by atoms with Gasteiger partial charge in [-0.2, -0.15) is 0 Å². The van der Waals surface area contributed by atoms with E-state index >= 15 is 0 Å². The molecule has 0 atom stereocenters. The van der Waals surface area contributed by atoms with Gasteiger partial charge in [-0.05, 0) is 26.5 Å². The number of hydrogen-bond acceptors (Lipinski definition) is 3. The minimum absolute atomic E-state index is 0.303. The molecule has 1 aliphatic heterocycles. The second kappa shape index (κ2) is 6.51. The summed E-state index contributed by atoms with van der Waals surface area (Å²) < 4.78 is 0. The summed E-state index contributed by atoms with van der Waals surface area (Å²) >= 11 is 0. The average Bonchev–Trinajstić information content (AvgIpc) is 2.40. The van der Waals surface area contributed by atoms with Crippen molar-refractivity contribution in [1.29, 1.82) is 0 Å². The molecule has 19 heavy (non-hydrogen) atoms. The maximum absolute atomic E-state index is 3.53. The van der Waals surface area contributed by atoms with Crippen molar-refractivity contribution in [3.05, 3.63) is 35.9 Å². The van der Waals surface area contributed by atoms with Crippen LogP contribution < -0.4 is 5.32 Å². The molecule has 1 aliphatic rings. The quantitative estimate of drug-likeness (QED) is 0.816. The van der Waals surface area contributed by atoms with Gasteiger partial charge in [0.2, 0.25) is 0 Å². The zero-order chi connectivity index (χ0) is 13.7. The van der Waals surface area contributed by atoms with Crippen molar-refractivity contribution >= 4 is 0 Å². The Morgan fingerprint density at radius 1 is 1.16 bits per heavy atom. The maximum atomic E-state index is 3.53. The van der Waals surface area contributed by atoms with Crippen LogP contribution in [-0.2, 0) is 6.54 Å². The second-order valence-electron chi connectivity index (χ2n) is 6.17. The summed E-state index contributed by atoms with van der Waals surface area (Å²) in [5.74, 6) is 0. The van der Waals surface area contributed by atoms with Crippen LogP contribution in [0.15, 0.2) is 30.3 Å². The monoisotopic (exact) mass is 261 g/mol. The summed E-state index contributed by atoms with van der Waals surface area (Å²) in [5, 5.41) is 3.53. The minimum Gasteiger partial charge on any atom is -0.311 e. The summed E-state index contributed by atoms with van der Waals surface area (Å²) in [5.41, 5.74) is 1.67. The molecule has 3 nitrogen and oxygen atoms in total. The number of rotatable bonds is 5. The van der Waals surface area contributed by atoms with Crippen LogP contribution >= 0.6 is 0 Å². The van der Waals surface area contributed by atoms with Crippen LogP contribution in [0, 0.1) is 0 Å². The smallest absolute Gasteiger partial charge is 0.0277 e. The fourth-order valence-corrected chi connectivity index (χ4v) is 2.60. The predicted molar refractivity (Wildman–Crippen MR) is 81.3 cm³/mol. The molecule has 0 unspecified atom stereocenters. The number of piperazine rings is 1. The molecular formula is C16H27N3. The molecule has 0 bridgehead atoms. The predicted octanol–water partition coefficient (Wildman–Crippen LogP) is 1.80. The third-order valence-electron chi connectivity index (χ3n) is 4.17. The molecule has 0 saturated carbocycles. The Hall–Kier alpha value is -0.900. The molecular weight excluding hydrogens is 234 g/mol. The highest BCUT2D eigenvalue weighted by molar-refractivity contribution is 5.14. The summed E-state index contributed by atoms with van der Waals surface area (Å²) in [6.45, 7) is 11.4. The fourth-order valence-electron chi connectivity index (χ4n) is 2.60. The van der Waals surface area contributed by atoms with Gasteiger partial charge in [0.25, 0.3) is 0 Å². The first kappa shape index (κ1) is 14.5. The zero-order valence-electron chi connectivity index (χ0n) is 12.5. The highest BCUT2D eigenvalue weighted by atomic mass is 15.3. The van der Waals surface area contributed by atoms with Crippen LogP contribution in [0.2, 0.25) is 0 Å². The first-order valence-corrected chi connectivity index (χ1v) is 7.26. The van der Waals surface area contributed by atoms with E-state index in [0.29, 0.717) is 5.54 Å². The molecule has 0 spiro atoms. The van der Waals surface area contributed by atoms with Crippen molar-refractivity contribution in [2.45, 2.75) is 25.9 Å². The molecule has 2 rings (SSSR count). The van der Waals surface area contributed by atoms with E-state index in [1.165, 1.54) is 18.7 Å². The second-order valence-corrected chi connectivity index (χ2v) is 6.17. The van der Waals surface area contributed by atoms with Crippen molar-refractivity contribution in [1.82, 2.24) is 15.1 Å². The Morgan fingerprint density at radius 2 is 1.89 bits per heavy atom. The average molecular weight is 261 g/mol. The molecule has 0 radical (unpaired) electrons. The van der Waals surface area contributed by atoms with Gasteiger partial charge >= 0.3 is 0 Å². The van der Waals surface area contributed by atoms with E-state index in [2.05, 4.69) is 66.3 Å². The van der Waals surface area contributed by atoms with Gasteiger partial charge in [-0.3, -0.25) is 9.80 Å². The molecule has 1 fully saturated rings. The number of hydrogen-bond donors (Lipinski definition) is 1. The molecule has 1 saturated heterocycles. The summed E-state index contributed by atoms with van der Waals surface area (Å²) in [6.07, 6.45) is 0.